The van der Waals surface area contributed by atoms with Crippen molar-refractivity contribution >= 4 is 11.6 Å². The molecule has 0 aliphatic heterocycles. The van der Waals surface area contributed by atoms with Crippen molar-refractivity contribution in [2.45, 2.75) is 25.8 Å². The van der Waals surface area contributed by atoms with Crippen molar-refractivity contribution in [2.24, 2.45) is 0 Å². The molecule has 0 aliphatic carbocycles. The lowest BCUT2D eigenvalue weighted by Gasteiger charge is -2.16. The molecule has 1 atom stereocenters. The van der Waals surface area contributed by atoms with Crippen LogP contribution in [0.5, 0.6) is 0 Å². The molecular weight excluding hydrogens is 267 g/mol. The summed E-state index contributed by atoms with van der Waals surface area (Å²) in [6.07, 6.45) is 3.35. The van der Waals surface area contributed by atoms with Crippen LogP contribution in [0.1, 0.15) is 30.6 Å². The van der Waals surface area contributed by atoms with Crippen LogP contribution in [-0.2, 0) is 6.42 Å². The fraction of sp³-hybridized carbons (Fsp3) is 0.385. The zero-order valence-corrected chi connectivity index (χ0v) is 11.4. The summed E-state index contributed by atoms with van der Waals surface area (Å²) in [5.41, 5.74) is 1.72. The van der Waals surface area contributed by atoms with Crippen molar-refractivity contribution in [1.29, 1.82) is 0 Å². The number of halogens is 2. The second kappa shape index (κ2) is 6.63. The Hall–Kier alpha value is -1.46. The van der Waals surface area contributed by atoms with E-state index in [0.29, 0.717) is 11.4 Å². The molecule has 1 aromatic heterocycles. The smallest absolute Gasteiger partial charge is 0.124 e. The normalized spacial score (nSPS) is 12.6. The number of H-pyrrole nitrogens is 1. The minimum Gasteiger partial charge on any atom is -0.308 e. The predicted molar refractivity (Wildman–Crippen MR) is 72.5 cm³/mol. The average Bonchev–Trinajstić information content (AvgIpc) is 2.90. The highest BCUT2D eigenvalue weighted by atomic mass is 35.5. The summed E-state index contributed by atoms with van der Waals surface area (Å²) in [5.74, 6) is -0.326. The van der Waals surface area contributed by atoms with Crippen LogP contribution in [-0.4, -0.2) is 22.0 Å². The summed E-state index contributed by atoms with van der Waals surface area (Å²) in [7, 11) is 0. The lowest BCUT2D eigenvalue weighted by Crippen LogP contribution is -2.24. The van der Waals surface area contributed by atoms with Crippen LogP contribution in [0.15, 0.2) is 24.4 Å². The summed E-state index contributed by atoms with van der Waals surface area (Å²) in [5, 5.41) is 14.3. The molecule has 2 rings (SSSR count). The SMILES string of the molecule is CCCNC(Cc1ccc(F)cc1Cl)c1cn[nH]n1. The molecule has 6 heteroatoms. The third kappa shape index (κ3) is 3.75. The van der Waals surface area contributed by atoms with E-state index in [4.69, 9.17) is 11.6 Å². The second-order valence-electron chi connectivity index (χ2n) is 4.34. The number of benzene rings is 1. The largest absolute Gasteiger partial charge is 0.308 e. The number of hydrogen-bond acceptors (Lipinski definition) is 3. The molecule has 19 heavy (non-hydrogen) atoms. The van der Waals surface area contributed by atoms with Gasteiger partial charge in [0.25, 0.3) is 0 Å². The molecule has 0 aliphatic rings. The van der Waals surface area contributed by atoms with E-state index in [-0.39, 0.29) is 11.9 Å². The van der Waals surface area contributed by atoms with E-state index in [9.17, 15) is 4.39 Å². The molecule has 0 fully saturated rings. The van der Waals surface area contributed by atoms with Crippen molar-refractivity contribution in [1.82, 2.24) is 20.7 Å². The fourth-order valence-electron chi connectivity index (χ4n) is 1.89. The Balaban J connectivity index is 2.15. The summed E-state index contributed by atoms with van der Waals surface area (Å²) in [6, 6.07) is 4.47. The van der Waals surface area contributed by atoms with Crippen molar-refractivity contribution in [3.8, 4) is 0 Å². The van der Waals surface area contributed by atoms with Crippen LogP contribution in [0.3, 0.4) is 0 Å². The van der Waals surface area contributed by atoms with Crippen molar-refractivity contribution in [3.05, 3.63) is 46.5 Å². The number of nitrogens with zero attached hydrogens (tertiary/aromatic N) is 2. The van der Waals surface area contributed by atoms with E-state index in [2.05, 4.69) is 27.7 Å². The van der Waals surface area contributed by atoms with Crippen LogP contribution in [0.2, 0.25) is 5.02 Å². The molecule has 102 valence electrons. The molecule has 0 saturated carbocycles. The Kier molecular flexibility index (Phi) is 4.87. The first-order valence-corrected chi connectivity index (χ1v) is 6.61. The number of aromatic nitrogens is 3. The van der Waals surface area contributed by atoms with Crippen molar-refractivity contribution in [2.75, 3.05) is 6.54 Å². The first-order chi connectivity index (χ1) is 9.20. The van der Waals surface area contributed by atoms with Gasteiger partial charge in [-0.3, -0.25) is 0 Å². The maximum Gasteiger partial charge on any atom is 0.124 e. The Morgan fingerprint density at radius 3 is 2.95 bits per heavy atom. The number of rotatable bonds is 6. The Bertz CT molecular complexity index is 515. The van der Waals surface area contributed by atoms with Gasteiger partial charge in [-0.15, -0.1) is 0 Å². The lowest BCUT2D eigenvalue weighted by atomic mass is 10.0. The van der Waals surface area contributed by atoms with Crippen molar-refractivity contribution in [3.63, 3.8) is 0 Å². The zero-order chi connectivity index (χ0) is 13.7. The topological polar surface area (TPSA) is 53.6 Å². The summed E-state index contributed by atoms with van der Waals surface area (Å²) >= 11 is 6.06. The molecule has 0 saturated heterocycles. The van der Waals surface area contributed by atoms with E-state index < -0.39 is 0 Å². The van der Waals surface area contributed by atoms with Crippen LogP contribution in [0, 0.1) is 5.82 Å². The van der Waals surface area contributed by atoms with Gasteiger partial charge >= 0.3 is 0 Å². The van der Waals surface area contributed by atoms with Gasteiger partial charge in [0.2, 0.25) is 0 Å². The predicted octanol–water partition coefficient (Wildman–Crippen LogP) is 2.88. The minimum absolute atomic E-state index is 0.0154. The highest BCUT2D eigenvalue weighted by Crippen LogP contribution is 2.23. The summed E-state index contributed by atoms with van der Waals surface area (Å²) in [6.45, 7) is 2.97. The van der Waals surface area contributed by atoms with Gasteiger partial charge in [0.1, 0.15) is 5.82 Å². The maximum absolute atomic E-state index is 13.0. The van der Waals surface area contributed by atoms with Crippen LogP contribution in [0.4, 0.5) is 4.39 Å². The molecule has 0 spiro atoms. The van der Waals surface area contributed by atoms with Gasteiger partial charge in [0.15, 0.2) is 0 Å². The van der Waals surface area contributed by atoms with Crippen LogP contribution in [0.25, 0.3) is 0 Å². The van der Waals surface area contributed by atoms with E-state index in [1.807, 2.05) is 0 Å². The van der Waals surface area contributed by atoms with Gasteiger partial charge < -0.3 is 5.32 Å². The molecule has 0 amide bonds. The van der Waals surface area contributed by atoms with E-state index in [1.54, 1.807) is 12.3 Å². The Labute approximate surface area is 116 Å². The summed E-state index contributed by atoms with van der Waals surface area (Å²) in [4.78, 5) is 0. The highest BCUT2D eigenvalue weighted by molar-refractivity contribution is 6.31. The molecule has 2 aromatic rings. The van der Waals surface area contributed by atoms with E-state index in [1.165, 1.54) is 12.1 Å². The average molecular weight is 283 g/mol. The van der Waals surface area contributed by atoms with E-state index >= 15 is 0 Å². The van der Waals surface area contributed by atoms with Gasteiger partial charge in [-0.25, -0.2) is 4.39 Å². The molecule has 0 bridgehead atoms. The molecule has 4 nitrogen and oxygen atoms in total. The second-order valence-corrected chi connectivity index (χ2v) is 4.75. The van der Waals surface area contributed by atoms with Crippen LogP contribution < -0.4 is 5.32 Å². The maximum atomic E-state index is 13.0. The number of aromatic amines is 1. The fourth-order valence-corrected chi connectivity index (χ4v) is 2.13. The molecule has 1 aromatic carbocycles. The minimum atomic E-state index is -0.326. The molecule has 1 unspecified atom stereocenters. The number of nitrogens with one attached hydrogen (secondary N) is 2. The third-order valence-electron chi connectivity index (χ3n) is 2.87. The van der Waals surface area contributed by atoms with Gasteiger partial charge in [-0.05, 0) is 37.1 Å². The highest BCUT2D eigenvalue weighted by Gasteiger charge is 2.16. The zero-order valence-electron chi connectivity index (χ0n) is 10.7. The molecule has 2 N–H and O–H groups in total. The molecular formula is C13H16ClFN4. The van der Waals surface area contributed by atoms with Crippen LogP contribution >= 0.6 is 11.6 Å². The monoisotopic (exact) mass is 282 g/mol. The van der Waals surface area contributed by atoms with E-state index in [0.717, 1.165) is 24.2 Å². The Morgan fingerprint density at radius 2 is 2.32 bits per heavy atom. The third-order valence-corrected chi connectivity index (χ3v) is 3.22. The Morgan fingerprint density at radius 1 is 1.47 bits per heavy atom. The lowest BCUT2D eigenvalue weighted by molar-refractivity contribution is 0.516. The first kappa shape index (κ1) is 14.0. The summed E-state index contributed by atoms with van der Waals surface area (Å²) < 4.78 is 13.0. The van der Waals surface area contributed by atoms with Gasteiger partial charge in [-0.1, -0.05) is 24.6 Å². The van der Waals surface area contributed by atoms with Gasteiger partial charge in [-0.2, -0.15) is 15.4 Å². The first-order valence-electron chi connectivity index (χ1n) is 6.23. The van der Waals surface area contributed by atoms with Gasteiger partial charge in [0.05, 0.1) is 17.9 Å². The van der Waals surface area contributed by atoms with Crippen molar-refractivity contribution < 1.29 is 4.39 Å². The molecule has 0 radical (unpaired) electrons. The number of hydrogen-bond donors (Lipinski definition) is 2. The van der Waals surface area contributed by atoms with Gasteiger partial charge in [0, 0.05) is 5.02 Å². The standard InChI is InChI=1S/C13H16ClFN4/c1-2-5-16-12(13-8-17-19-18-13)6-9-3-4-10(15)7-11(9)14/h3-4,7-8,12,16H,2,5-6H2,1H3,(H,17,18,19). The quantitative estimate of drug-likeness (QED) is 0.856. The molecule has 1 heterocycles.